The third-order valence-corrected chi connectivity index (χ3v) is 8.96. The highest BCUT2D eigenvalue weighted by atomic mass is 19.3. The Labute approximate surface area is 240 Å². The Morgan fingerprint density at radius 1 is 1.02 bits per heavy atom. The van der Waals surface area contributed by atoms with Crippen LogP contribution >= 0.6 is 0 Å². The van der Waals surface area contributed by atoms with Gasteiger partial charge >= 0.3 is 5.69 Å². The average molecular weight is 564 g/mol. The van der Waals surface area contributed by atoms with E-state index in [4.69, 9.17) is 0 Å². The fourth-order valence-electron chi connectivity index (χ4n) is 6.28. The normalized spacial score (nSPS) is 22.5. The summed E-state index contributed by atoms with van der Waals surface area (Å²) in [5.74, 6) is -1.97. The number of piperazine rings is 1. The number of likely N-dealkylation sites (tertiary alicyclic amines) is 1. The van der Waals surface area contributed by atoms with Gasteiger partial charge in [0.05, 0.1) is 5.52 Å². The molecule has 3 atom stereocenters. The lowest BCUT2D eigenvalue weighted by Gasteiger charge is -2.49. The molecule has 0 spiro atoms. The number of alkyl halides is 2. The van der Waals surface area contributed by atoms with Crippen LogP contribution in [0.15, 0.2) is 41.2 Å². The zero-order valence-electron chi connectivity index (χ0n) is 24.4. The molecule has 8 nitrogen and oxygen atoms in total. The average Bonchev–Trinajstić information content (AvgIpc) is 2.99. The molecule has 0 aliphatic carbocycles. The summed E-state index contributed by atoms with van der Waals surface area (Å²) >= 11 is 0. The second-order valence-corrected chi connectivity index (χ2v) is 11.5. The number of nitriles is 1. The van der Waals surface area contributed by atoms with Gasteiger partial charge in [-0.15, -0.1) is 0 Å². The van der Waals surface area contributed by atoms with E-state index in [2.05, 4.69) is 75.8 Å². The predicted molar refractivity (Wildman–Crippen MR) is 156 cm³/mol. The highest BCUT2D eigenvalue weighted by Crippen LogP contribution is 2.34. The predicted octanol–water partition coefficient (Wildman–Crippen LogP) is 4.87. The van der Waals surface area contributed by atoms with Crippen LogP contribution in [0, 0.1) is 11.3 Å². The van der Waals surface area contributed by atoms with E-state index >= 15 is 0 Å². The first kappa shape index (κ1) is 29.1. The van der Waals surface area contributed by atoms with E-state index in [1.54, 1.807) is 19.2 Å². The third-order valence-electron chi connectivity index (χ3n) is 8.96. The van der Waals surface area contributed by atoms with Crippen LogP contribution in [0.1, 0.15) is 69.3 Å². The Morgan fingerprint density at radius 2 is 1.71 bits per heavy atom. The number of fused-ring (bicyclic) bond motifs is 1. The van der Waals surface area contributed by atoms with Crippen molar-refractivity contribution in [3.8, 4) is 6.07 Å². The van der Waals surface area contributed by atoms with Crippen molar-refractivity contribution in [3.05, 3.63) is 63.7 Å². The van der Waals surface area contributed by atoms with Gasteiger partial charge in [-0.05, 0) is 43.0 Å². The minimum absolute atomic E-state index is 0.0660. The molecule has 10 heteroatoms. The van der Waals surface area contributed by atoms with E-state index in [0.29, 0.717) is 48.7 Å². The second-order valence-electron chi connectivity index (χ2n) is 11.5. The number of hydrogen-bond donors (Lipinski definition) is 0. The zero-order chi connectivity index (χ0) is 29.3. The quantitative estimate of drug-likeness (QED) is 0.406. The molecule has 1 aromatic carbocycles. The maximum absolute atomic E-state index is 13.5. The van der Waals surface area contributed by atoms with E-state index in [1.165, 1.54) is 10.1 Å². The van der Waals surface area contributed by atoms with Gasteiger partial charge in [-0.3, -0.25) is 14.4 Å². The summed E-state index contributed by atoms with van der Waals surface area (Å²) in [5, 5.41) is 9.47. The number of aromatic nitrogens is 3. The minimum Gasteiger partial charge on any atom is -0.349 e. The van der Waals surface area contributed by atoms with E-state index in [9.17, 15) is 18.8 Å². The van der Waals surface area contributed by atoms with Crippen molar-refractivity contribution in [1.29, 1.82) is 5.26 Å². The van der Waals surface area contributed by atoms with Gasteiger partial charge in [0.1, 0.15) is 17.3 Å². The summed E-state index contributed by atoms with van der Waals surface area (Å²) < 4.78 is 28.6. The second kappa shape index (κ2) is 11.8. The smallest absolute Gasteiger partial charge is 0.349 e. The summed E-state index contributed by atoms with van der Waals surface area (Å²) in [6.07, 6.45) is 1.66. The number of halogens is 2. The Balaban J connectivity index is 1.36. The number of pyridine rings is 1. The number of benzene rings is 1. The minimum atomic E-state index is -2.53. The lowest BCUT2D eigenvalue weighted by Crippen LogP contribution is -2.59. The van der Waals surface area contributed by atoms with Gasteiger partial charge in [0.15, 0.2) is 5.82 Å². The molecule has 2 aliphatic heterocycles. The molecule has 4 heterocycles. The largest absolute Gasteiger partial charge is 0.349 e. The molecule has 2 saturated heterocycles. The van der Waals surface area contributed by atoms with Crippen molar-refractivity contribution in [1.82, 2.24) is 24.3 Å². The lowest BCUT2D eigenvalue weighted by molar-refractivity contribution is -0.0566. The molecular weight excluding hydrogens is 524 g/mol. The first-order valence-corrected chi connectivity index (χ1v) is 14.6. The van der Waals surface area contributed by atoms with Crippen LogP contribution in [0.2, 0.25) is 0 Å². The third kappa shape index (κ3) is 5.97. The highest BCUT2D eigenvalue weighted by molar-refractivity contribution is 5.86. The molecular formula is C31H39F2N7O. The van der Waals surface area contributed by atoms with Crippen LogP contribution in [-0.2, 0) is 13.6 Å². The fourth-order valence-corrected chi connectivity index (χ4v) is 6.28. The van der Waals surface area contributed by atoms with E-state index in [1.807, 2.05) is 0 Å². The molecule has 0 bridgehead atoms. The Hall–Kier alpha value is -3.42. The van der Waals surface area contributed by atoms with Gasteiger partial charge in [-0.25, -0.2) is 18.6 Å². The van der Waals surface area contributed by atoms with E-state index < -0.39 is 5.92 Å². The summed E-state index contributed by atoms with van der Waals surface area (Å²) in [4.78, 5) is 28.7. The number of rotatable bonds is 7. The van der Waals surface area contributed by atoms with E-state index in [0.717, 1.165) is 24.9 Å². The Kier molecular flexibility index (Phi) is 8.39. The van der Waals surface area contributed by atoms with Crippen molar-refractivity contribution < 1.29 is 8.78 Å². The molecule has 0 N–H and O–H groups in total. The van der Waals surface area contributed by atoms with Crippen molar-refractivity contribution in [2.45, 2.75) is 77.0 Å². The molecule has 218 valence electrons. The van der Waals surface area contributed by atoms with Crippen LogP contribution in [0.4, 0.5) is 14.6 Å². The molecule has 0 amide bonds. The number of piperidine rings is 1. The van der Waals surface area contributed by atoms with Crippen molar-refractivity contribution in [3.63, 3.8) is 0 Å². The summed E-state index contributed by atoms with van der Waals surface area (Å²) in [5.41, 5.74) is 3.56. The molecule has 1 unspecified atom stereocenters. The van der Waals surface area contributed by atoms with Crippen molar-refractivity contribution >= 4 is 16.9 Å². The SMILES string of the molecule is CC[C@H]1CN(C(C)c2ccc(CN3CCC(F)(F)CC3)cc2)[C@H](CC)CN1c1nc(=O)n(C)c2ccc(C#N)nc12. The van der Waals surface area contributed by atoms with Crippen LogP contribution < -0.4 is 10.6 Å². The van der Waals surface area contributed by atoms with Crippen LogP contribution in [0.25, 0.3) is 11.0 Å². The van der Waals surface area contributed by atoms with Gasteiger partial charge in [0.25, 0.3) is 5.92 Å². The standard InChI is InChI=1S/C31H39F2N7O/c1-5-25-20-40(29-28-27(37(4)30(41)36-29)12-11-24(17-34)35-28)26(6-2)19-39(25)21(3)23-9-7-22(8-10-23)18-38-15-13-31(32,33)14-16-38/h7-12,21,25-26H,5-6,13-16,18-20H2,1-4H3/t21?,25-,26+/m1/s1. The number of anilines is 1. The number of nitrogens with zero attached hydrogens (tertiary/aromatic N) is 7. The molecule has 0 radical (unpaired) electrons. The maximum Gasteiger partial charge on any atom is 0.349 e. The summed E-state index contributed by atoms with van der Waals surface area (Å²) in [7, 11) is 1.68. The van der Waals surface area contributed by atoms with Crippen molar-refractivity contribution in [2.75, 3.05) is 31.1 Å². The molecule has 0 saturated carbocycles. The van der Waals surface area contributed by atoms with Gasteiger partial charge in [0, 0.05) is 70.7 Å². The highest BCUT2D eigenvalue weighted by Gasteiger charge is 2.37. The van der Waals surface area contributed by atoms with Gasteiger partial charge in [-0.1, -0.05) is 38.1 Å². The van der Waals surface area contributed by atoms with Gasteiger partial charge in [0.2, 0.25) is 0 Å². The molecule has 5 rings (SSSR count). The first-order chi connectivity index (χ1) is 19.6. The number of aryl methyl sites for hydroxylation is 1. The van der Waals surface area contributed by atoms with E-state index in [-0.39, 0.29) is 36.7 Å². The first-order valence-electron chi connectivity index (χ1n) is 14.6. The number of hydrogen-bond acceptors (Lipinski definition) is 7. The monoisotopic (exact) mass is 563 g/mol. The Morgan fingerprint density at radius 3 is 2.34 bits per heavy atom. The maximum atomic E-state index is 13.5. The topological polar surface area (TPSA) is 81.3 Å². The van der Waals surface area contributed by atoms with Crippen LogP contribution in [0.3, 0.4) is 0 Å². The van der Waals surface area contributed by atoms with Gasteiger partial charge in [-0.2, -0.15) is 10.2 Å². The van der Waals surface area contributed by atoms with Crippen molar-refractivity contribution in [2.24, 2.45) is 7.05 Å². The Bertz CT molecular complexity index is 1470. The lowest BCUT2D eigenvalue weighted by atomic mass is 9.96. The molecule has 2 aliphatic rings. The summed E-state index contributed by atoms with van der Waals surface area (Å²) in [6.45, 7) is 9.61. The fraction of sp³-hybridized carbons (Fsp3) is 0.548. The molecule has 2 fully saturated rings. The van der Waals surface area contributed by atoms with Crippen LogP contribution in [0.5, 0.6) is 0 Å². The molecule has 2 aromatic heterocycles. The van der Waals surface area contributed by atoms with Crippen LogP contribution in [-0.4, -0.2) is 68.5 Å². The molecule has 3 aromatic rings. The molecule has 41 heavy (non-hydrogen) atoms. The van der Waals surface area contributed by atoms with Gasteiger partial charge < -0.3 is 4.90 Å². The summed E-state index contributed by atoms with van der Waals surface area (Å²) in [6, 6.07) is 14.6. The zero-order valence-corrected chi connectivity index (χ0v) is 24.4.